The van der Waals surface area contributed by atoms with Gasteiger partial charge in [-0.05, 0) is 66.4 Å². The van der Waals surface area contributed by atoms with E-state index in [2.05, 4.69) is 23.0 Å². The molecule has 0 atom stereocenters. The molecule has 0 aliphatic heterocycles. The quantitative estimate of drug-likeness (QED) is 0.484. The van der Waals surface area contributed by atoms with E-state index in [9.17, 15) is 9.59 Å². The lowest BCUT2D eigenvalue weighted by atomic mass is 10.1. The number of methoxy groups -OCH3 is 2. The van der Waals surface area contributed by atoms with Crippen molar-refractivity contribution in [2.45, 2.75) is 26.4 Å². The van der Waals surface area contributed by atoms with E-state index in [1.54, 1.807) is 31.4 Å². The minimum Gasteiger partial charge on any atom is -0.493 e. The van der Waals surface area contributed by atoms with Gasteiger partial charge in [0, 0.05) is 12.1 Å². The number of anilines is 1. The van der Waals surface area contributed by atoms with E-state index in [1.165, 1.54) is 12.7 Å². The minimum absolute atomic E-state index is 0.116. The van der Waals surface area contributed by atoms with Crippen LogP contribution in [0.15, 0.2) is 66.7 Å². The maximum absolute atomic E-state index is 12.3. The van der Waals surface area contributed by atoms with Crippen LogP contribution in [0.4, 0.5) is 5.69 Å². The van der Waals surface area contributed by atoms with Gasteiger partial charge in [-0.1, -0.05) is 30.3 Å². The van der Waals surface area contributed by atoms with E-state index in [-0.39, 0.29) is 5.91 Å². The molecule has 6 nitrogen and oxygen atoms in total. The fraction of sp³-hybridized carbons (Fsp3) is 0.231. The van der Waals surface area contributed by atoms with E-state index < -0.39 is 5.97 Å². The summed E-state index contributed by atoms with van der Waals surface area (Å²) in [7, 11) is 2.93. The molecule has 3 aromatic carbocycles. The Hall–Kier alpha value is -3.80. The predicted octanol–water partition coefficient (Wildman–Crippen LogP) is 4.94. The smallest absolute Gasteiger partial charge is 0.337 e. The van der Waals surface area contributed by atoms with Gasteiger partial charge < -0.3 is 19.5 Å². The van der Waals surface area contributed by atoms with Crippen LogP contribution >= 0.6 is 0 Å². The van der Waals surface area contributed by atoms with Crippen molar-refractivity contribution in [1.82, 2.24) is 0 Å². The molecule has 0 saturated carbocycles. The van der Waals surface area contributed by atoms with Gasteiger partial charge in [-0.2, -0.15) is 0 Å². The van der Waals surface area contributed by atoms with Crippen molar-refractivity contribution in [1.29, 1.82) is 0 Å². The number of carbonyl (C=O) groups excluding carboxylic acids is 2. The molecule has 3 aromatic rings. The van der Waals surface area contributed by atoms with Gasteiger partial charge >= 0.3 is 5.97 Å². The van der Waals surface area contributed by atoms with Gasteiger partial charge in [-0.3, -0.25) is 4.79 Å². The van der Waals surface area contributed by atoms with Crippen molar-refractivity contribution < 1.29 is 23.8 Å². The van der Waals surface area contributed by atoms with Crippen LogP contribution in [0.3, 0.4) is 0 Å². The number of ether oxygens (including phenoxy) is 3. The number of esters is 1. The van der Waals surface area contributed by atoms with Crippen LogP contribution in [0.25, 0.3) is 0 Å². The average molecular weight is 434 g/mol. The van der Waals surface area contributed by atoms with Gasteiger partial charge in [0.2, 0.25) is 5.91 Å². The first-order valence-electron chi connectivity index (χ1n) is 10.3. The zero-order valence-electron chi connectivity index (χ0n) is 18.5. The Morgan fingerprint density at radius 1 is 0.906 bits per heavy atom. The number of amides is 1. The highest BCUT2D eigenvalue weighted by molar-refractivity contribution is 5.93. The third-order valence-corrected chi connectivity index (χ3v) is 5.10. The summed E-state index contributed by atoms with van der Waals surface area (Å²) >= 11 is 0. The van der Waals surface area contributed by atoms with E-state index in [4.69, 9.17) is 9.47 Å². The summed E-state index contributed by atoms with van der Waals surface area (Å²) in [5.41, 5.74) is 4.33. The Bertz CT molecular complexity index is 1080. The van der Waals surface area contributed by atoms with Crippen LogP contribution in [-0.2, 0) is 22.6 Å². The van der Waals surface area contributed by atoms with Crippen molar-refractivity contribution in [2.75, 3.05) is 19.5 Å². The molecule has 1 N–H and O–H groups in total. The lowest BCUT2D eigenvalue weighted by Gasteiger charge is -2.13. The largest absolute Gasteiger partial charge is 0.493 e. The van der Waals surface area contributed by atoms with Crippen LogP contribution in [-0.4, -0.2) is 26.1 Å². The molecule has 0 spiro atoms. The Labute approximate surface area is 188 Å². The van der Waals surface area contributed by atoms with E-state index >= 15 is 0 Å². The second-order valence-corrected chi connectivity index (χ2v) is 7.32. The molecule has 0 radical (unpaired) electrons. The standard InChI is InChI=1S/C26H27NO5/c1-18-6-4-5-7-21(18)17-32-23-14-8-19(16-24(23)30-2)9-15-25(28)27-22-12-10-20(11-13-22)26(29)31-3/h4-8,10-14,16H,9,15,17H2,1-3H3,(H,27,28). The molecule has 0 aliphatic rings. The third kappa shape index (κ3) is 6.11. The van der Waals surface area contributed by atoms with E-state index in [0.29, 0.717) is 42.2 Å². The molecular formula is C26H27NO5. The van der Waals surface area contributed by atoms with Crippen molar-refractivity contribution >= 4 is 17.6 Å². The number of hydrogen-bond acceptors (Lipinski definition) is 5. The number of carbonyl (C=O) groups is 2. The third-order valence-electron chi connectivity index (χ3n) is 5.10. The fourth-order valence-corrected chi connectivity index (χ4v) is 3.20. The average Bonchev–Trinajstić information content (AvgIpc) is 2.82. The number of aryl methyl sites for hydroxylation is 2. The number of nitrogens with one attached hydrogen (secondary N) is 1. The SMILES string of the molecule is COC(=O)c1ccc(NC(=O)CCc2ccc(OCc3ccccc3C)c(OC)c2)cc1. The Balaban J connectivity index is 1.55. The lowest BCUT2D eigenvalue weighted by Crippen LogP contribution is -2.12. The molecule has 0 heterocycles. The molecular weight excluding hydrogens is 406 g/mol. The first-order chi connectivity index (χ1) is 15.5. The molecule has 0 bridgehead atoms. The monoisotopic (exact) mass is 433 g/mol. The summed E-state index contributed by atoms with van der Waals surface area (Å²) in [6.45, 7) is 2.51. The van der Waals surface area contributed by atoms with E-state index in [1.807, 2.05) is 36.4 Å². The molecule has 0 unspecified atom stereocenters. The predicted molar refractivity (Wildman–Crippen MR) is 123 cm³/mol. The highest BCUT2D eigenvalue weighted by atomic mass is 16.5. The van der Waals surface area contributed by atoms with Crippen molar-refractivity contribution in [2.24, 2.45) is 0 Å². The van der Waals surface area contributed by atoms with Gasteiger partial charge in [-0.25, -0.2) is 4.79 Å². The van der Waals surface area contributed by atoms with Crippen LogP contribution in [0.2, 0.25) is 0 Å². The maximum Gasteiger partial charge on any atom is 0.337 e. The number of benzene rings is 3. The molecule has 0 saturated heterocycles. The van der Waals surface area contributed by atoms with Gasteiger partial charge in [0.15, 0.2) is 11.5 Å². The highest BCUT2D eigenvalue weighted by Crippen LogP contribution is 2.29. The summed E-state index contributed by atoms with van der Waals surface area (Å²) in [6, 6.07) is 20.4. The van der Waals surface area contributed by atoms with Crippen molar-refractivity contribution in [3.8, 4) is 11.5 Å². The van der Waals surface area contributed by atoms with Gasteiger partial charge in [0.05, 0.1) is 19.8 Å². The normalized spacial score (nSPS) is 10.3. The molecule has 0 aromatic heterocycles. The zero-order chi connectivity index (χ0) is 22.9. The van der Waals surface area contributed by atoms with Crippen LogP contribution < -0.4 is 14.8 Å². The summed E-state index contributed by atoms with van der Waals surface area (Å²) in [4.78, 5) is 23.8. The first-order valence-corrected chi connectivity index (χ1v) is 10.3. The Kier molecular flexibility index (Phi) is 7.86. The second kappa shape index (κ2) is 11.0. The van der Waals surface area contributed by atoms with Gasteiger partial charge in [-0.15, -0.1) is 0 Å². The molecule has 0 aliphatic carbocycles. The van der Waals surface area contributed by atoms with Gasteiger partial charge in [0.25, 0.3) is 0 Å². The first kappa shape index (κ1) is 22.9. The topological polar surface area (TPSA) is 73.9 Å². The van der Waals surface area contributed by atoms with Crippen LogP contribution in [0.1, 0.15) is 33.5 Å². The second-order valence-electron chi connectivity index (χ2n) is 7.32. The molecule has 0 fully saturated rings. The fourth-order valence-electron chi connectivity index (χ4n) is 3.20. The molecule has 166 valence electrons. The molecule has 6 heteroatoms. The summed E-state index contributed by atoms with van der Waals surface area (Å²) < 4.78 is 16.1. The van der Waals surface area contributed by atoms with Gasteiger partial charge in [0.1, 0.15) is 6.61 Å². The Morgan fingerprint density at radius 2 is 1.66 bits per heavy atom. The number of rotatable bonds is 9. The number of hydrogen-bond donors (Lipinski definition) is 1. The summed E-state index contributed by atoms with van der Waals surface area (Å²) in [5, 5.41) is 2.83. The molecule has 3 rings (SSSR count). The van der Waals surface area contributed by atoms with E-state index in [0.717, 1.165) is 11.1 Å². The zero-order valence-corrected chi connectivity index (χ0v) is 18.5. The summed E-state index contributed by atoms with van der Waals surface area (Å²) in [6.07, 6.45) is 0.867. The van der Waals surface area contributed by atoms with Crippen LogP contribution in [0, 0.1) is 6.92 Å². The summed E-state index contributed by atoms with van der Waals surface area (Å²) in [5.74, 6) is 0.766. The van der Waals surface area contributed by atoms with Crippen LogP contribution in [0.5, 0.6) is 11.5 Å². The van der Waals surface area contributed by atoms with Crippen molar-refractivity contribution in [3.63, 3.8) is 0 Å². The highest BCUT2D eigenvalue weighted by Gasteiger charge is 2.10. The minimum atomic E-state index is -0.414. The Morgan fingerprint density at radius 3 is 2.34 bits per heavy atom. The lowest BCUT2D eigenvalue weighted by molar-refractivity contribution is -0.116. The maximum atomic E-state index is 12.3. The molecule has 32 heavy (non-hydrogen) atoms. The molecule has 1 amide bonds. The van der Waals surface area contributed by atoms with Crippen molar-refractivity contribution in [3.05, 3.63) is 89.0 Å².